The van der Waals surface area contributed by atoms with Gasteiger partial charge in [-0.25, -0.2) is 0 Å². The lowest BCUT2D eigenvalue weighted by atomic mass is 10.0. The second kappa shape index (κ2) is 8.38. The first-order valence-electron chi connectivity index (χ1n) is 9.59. The Morgan fingerprint density at radius 3 is 2.88 bits per heavy atom. The lowest BCUT2D eigenvalue weighted by Gasteiger charge is -2.21. The van der Waals surface area contributed by atoms with Crippen molar-refractivity contribution in [2.45, 2.75) is 46.1 Å². The van der Waals surface area contributed by atoms with Gasteiger partial charge in [0.25, 0.3) is 0 Å². The number of hydrogen-bond donors (Lipinski definition) is 1. The number of guanidine groups is 1. The van der Waals surface area contributed by atoms with Gasteiger partial charge < -0.3 is 10.2 Å². The summed E-state index contributed by atoms with van der Waals surface area (Å²) in [7, 11) is 1.98. The lowest BCUT2D eigenvalue weighted by Crippen LogP contribution is -2.40. The van der Waals surface area contributed by atoms with Crippen molar-refractivity contribution in [3.8, 4) is 0 Å². The first-order chi connectivity index (χ1) is 12.6. The van der Waals surface area contributed by atoms with E-state index in [1.807, 2.05) is 24.9 Å². The second-order valence-corrected chi connectivity index (χ2v) is 7.12. The summed E-state index contributed by atoms with van der Waals surface area (Å²) in [5.41, 5.74) is 3.63. The number of aliphatic imine (C=N–C) groups is 1. The van der Waals surface area contributed by atoms with E-state index < -0.39 is 0 Å². The maximum Gasteiger partial charge on any atom is 0.193 e. The highest BCUT2D eigenvalue weighted by atomic mass is 15.3. The fourth-order valence-electron chi connectivity index (χ4n) is 3.61. The molecule has 1 atom stereocenters. The van der Waals surface area contributed by atoms with Gasteiger partial charge in [-0.3, -0.25) is 14.4 Å². The summed E-state index contributed by atoms with van der Waals surface area (Å²) in [6.07, 6.45) is 6.28. The van der Waals surface area contributed by atoms with E-state index in [4.69, 9.17) is 4.99 Å². The fraction of sp³-hybridized carbons (Fsp3) is 0.632. The van der Waals surface area contributed by atoms with Crippen LogP contribution in [-0.4, -0.2) is 56.6 Å². The predicted octanol–water partition coefficient (Wildman–Crippen LogP) is 2.08. The molecular weight excluding hydrogens is 326 g/mol. The number of nitrogens with one attached hydrogen (secondary N) is 1. The molecule has 3 rings (SSSR count). The van der Waals surface area contributed by atoms with Crippen LogP contribution in [0.5, 0.6) is 0 Å². The standard InChI is InChI=1S/C19H31N7/c1-5-20-19(21-8-6-9-26-16(3)11-15(2)23-26)25-10-7-17(14-25)18-12-22-24(4)13-18/h11-13,17H,5-10,14H2,1-4H3,(H,20,21). The number of nitrogens with zero attached hydrogens (tertiary/aromatic N) is 6. The molecule has 1 aliphatic rings. The molecule has 1 aliphatic heterocycles. The van der Waals surface area contributed by atoms with E-state index in [0.717, 1.165) is 57.2 Å². The Morgan fingerprint density at radius 2 is 2.23 bits per heavy atom. The minimum absolute atomic E-state index is 0.544. The molecule has 0 bridgehead atoms. The number of likely N-dealkylation sites (tertiary alicyclic amines) is 1. The van der Waals surface area contributed by atoms with E-state index in [9.17, 15) is 0 Å². The summed E-state index contributed by atoms with van der Waals surface area (Å²) < 4.78 is 3.96. The first-order valence-corrected chi connectivity index (χ1v) is 9.59. The van der Waals surface area contributed by atoms with Crippen molar-refractivity contribution < 1.29 is 0 Å². The fourth-order valence-corrected chi connectivity index (χ4v) is 3.61. The maximum atomic E-state index is 4.85. The van der Waals surface area contributed by atoms with Gasteiger partial charge in [0.1, 0.15) is 0 Å². The van der Waals surface area contributed by atoms with Crippen LogP contribution in [0.1, 0.15) is 42.6 Å². The second-order valence-electron chi connectivity index (χ2n) is 7.12. The molecule has 1 fully saturated rings. The molecule has 0 saturated carbocycles. The van der Waals surface area contributed by atoms with Gasteiger partial charge in [-0.1, -0.05) is 0 Å². The predicted molar refractivity (Wildman–Crippen MR) is 104 cm³/mol. The zero-order valence-electron chi connectivity index (χ0n) is 16.4. The quantitative estimate of drug-likeness (QED) is 0.488. The number of hydrogen-bond acceptors (Lipinski definition) is 3. The van der Waals surface area contributed by atoms with Crippen molar-refractivity contribution in [2.75, 3.05) is 26.2 Å². The van der Waals surface area contributed by atoms with Gasteiger partial charge in [-0.2, -0.15) is 10.2 Å². The van der Waals surface area contributed by atoms with Crippen LogP contribution in [0.25, 0.3) is 0 Å². The van der Waals surface area contributed by atoms with Gasteiger partial charge in [0.2, 0.25) is 0 Å². The molecule has 26 heavy (non-hydrogen) atoms. The molecule has 1 unspecified atom stereocenters. The molecule has 0 spiro atoms. The molecule has 2 aromatic heterocycles. The molecule has 3 heterocycles. The van der Waals surface area contributed by atoms with E-state index in [0.29, 0.717) is 5.92 Å². The minimum Gasteiger partial charge on any atom is -0.357 e. The SMILES string of the molecule is CCNC(=NCCCn1nc(C)cc1C)N1CCC(c2cnn(C)c2)C1. The summed E-state index contributed by atoms with van der Waals surface area (Å²) in [5.74, 6) is 1.58. The van der Waals surface area contributed by atoms with Crippen molar-refractivity contribution in [1.82, 2.24) is 29.8 Å². The minimum atomic E-state index is 0.544. The highest BCUT2D eigenvalue weighted by Gasteiger charge is 2.26. The monoisotopic (exact) mass is 357 g/mol. The summed E-state index contributed by atoms with van der Waals surface area (Å²) in [4.78, 5) is 7.23. The van der Waals surface area contributed by atoms with Crippen molar-refractivity contribution >= 4 is 5.96 Å². The third kappa shape index (κ3) is 4.45. The molecule has 0 aliphatic carbocycles. The van der Waals surface area contributed by atoms with E-state index in [1.165, 1.54) is 11.3 Å². The first kappa shape index (κ1) is 18.5. The molecule has 0 aromatic carbocycles. The van der Waals surface area contributed by atoms with Crippen LogP contribution < -0.4 is 5.32 Å². The zero-order chi connectivity index (χ0) is 18.5. The molecule has 2 aromatic rings. The lowest BCUT2D eigenvalue weighted by molar-refractivity contribution is 0.483. The normalized spacial score (nSPS) is 17.9. The third-order valence-electron chi connectivity index (χ3n) is 4.91. The molecular formula is C19H31N7. The highest BCUT2D eigenvalue weighted by Crippen LogP contribution is 2.26. The summed E-state index contributed by atoms with van der Waals surface area (Å²) in [6, 6.07) is 2.12. The Balaban J connectivity index is 1.54. The Hall–Kier alpha value is -2.31. The van der Waals surface area contributed by atoms with E-state index in [-0.39, 0.29) is 0 Å². The van der Waals surface area contributed by atoms with Crippen LogP contribution in [0, 0.1) is 13.8 Å². The van der Waals surface area contributed by atoms with Crippen LogP contribution in [-0.2, 0) is 13.6 Å². The largest absolute Gasteiger partial charge is 0.357 e. The van der Waals surface area contributed by atoms with Gasteiger partial charge in [0.15, 0.2) is 5.96 Å². The average molecular weight is 358 g/mol. The number of aromatic nitrogens is 4. The Labute approximate surface area is 156 Å². The van der Waals surface area contributed by atoms with Gasteiger partial charge >= 0.3 is 0 Å². The number of rotatable bonds is 6. The van der Waals surface area contributed by atoms with Gasteiger partial charge in [-0.05, 0) is 45.2 Å². The molecule has 142 valence electrons. The van der Waals surface area contributed by atoms with Crippen molar-refractivity contribution in [3.63, 3.8) is 0 Å². The van der Waals surface area contributed by atoms with E-state index in [2.05, 4.69) is 51.2 Å². The topological polar surface area (TPSA) is 63.3 Å². The summed E-state index contributed by atoms with van der Waals surface area (Å²) in [5, 5.41) is 12.3. The van der Waals surface area contributed by atoms with Gasteiger partial charge in [-0.15, -0.1) is 0 Å². The molecule has 0 amide bonds. The van der Waals surface area contributed by atoms with Crippen molar-refractivity contribution in [2.24, 2.45) is 12.0 Å². The van der Waals surface area contributed by atoms with E-state index in [1.54, 1.807) is 0 Å². The van der Waals surface area contributed by atoms with Crippen LogP contribution in [0.15, 0.2) is 23.5 Å². The van der Waals surface area contributed by atoms with Crippen LogP contribution in [0.3, 0.4) is 0 Å². The molecule has 7 nitrogen and oxygen atoms in total. The van der Waals surface area contributed by atoms with Crippen LogP contribution in [0.4, 0.5) is 0 Å². The molecule has 1 N–H and O–H groups in total. The number of aryl methyl sites for hydroxylation is 4. The van der Waals surface area contributed by atoms with E-state index >= 15 is 0 Å². The highest BCUT2D eigenvalue weighted by molar-refractivity contribution is 5.80. The summed E-state index contributed by atoms with van der Waals surface area (Å²) >= 11 is 0. The Bertz CT molecular complexity index is 743. The van der Waals surface area contributed by atoms with Crippen molar-refractivity contribution in [3.05, 3.63) is 35.4 Å². The molecule has 1 saturated heterocycles. The van der Waals surface area contributed by atoms with Gasteiger partial charge in [0, 0.05) is 57.6 Å². The Morgan fingerprint density at radius 1 is 1.38 bits per heavy atom. The summed E-state index contributed by atoms with van der Waals surface area (Å²) in [6.45, 7) is 10.9. The smallest absolute Gasteiger partial charge is 0.193 e. The van der Waals surface area contributed by atoms with Gasteiger partial charge in [0.05, 0.1) is 11.9 Å². The maximum absolute atomic E-state index is 4.85. The average Bonchev–Trinajstić information content (AvgIpc) is 3.31. The Kier molecular flexibility index (Phi) is 5.96. The zero-order valence-corrected chi connectivity index (χ0v) is 16.4. The third-order valence-corrected chi connectivity index (χ3v) is 4.91. The molecule has 0 radical (unpaired) electrons. The van der Waals surface area contributed by atoms with Crippen molar-refractivity contribution in [1.29, 1.82) is 0 Å². The van der Waals surface area contributed by atoms with Crippen LogP contribution in [0.2, 0.25) is 0 Å². The van der Waals surface area contributed by atoms with Crippen LogP contribution >= 0.6 is 0 Å². The molecule has 7 heteroatoms.